The van der Waals surface area contributed by atoms with Crippen LogP contribution in [0.15, 0.2) is 53.7 Å². The first-order chi connectivity index (χ1) is 13.0. The molecule has 0 fully saturated rings. The zero-order valence-corrected chi connectivity index (χ0v) is 15.9. The van der Waals surface area contributed by atoms with E-state index in [-0.39, 0.29) is 12.1 Å². The minimum Gasteiger partial charge on any atom is -0.494 e. The van der Waals surface area contributed by atoms with Gasteiger partial charge in [0.2, 0.25) is 0 Å². The number of rotatable bonds is 6. The van der Waals surface area contributed by atoms with Crippen LogP contribution in [0, 0.1) is 6.92 Å². The molecule has 6 heteroatoms. The molecule has 1 N–H and O–H groups in total. The Hall–Kier alpha value is -3.02. The summed E-state index contributed by atoms with van der Waals surface area (Å²) in [6.07, 6.45) is 0.543. The highest BCUT2D eigenvalue weighted by molar-refractivity contribution is 6.01. The lowest BCUT2D eigenvalue weighted by Crippen LogP contribution is -2.37. The summed E-state index contributed by atoms with van der Waals surface area (Å²) in [5, 5.41) is 7.06. The Kier molecular flexibility index (Phi) is 5.96. The molecule has 27 heavy (non-hydrogen) atoms. The molecule has 0 saturated heterocycles. The highest BCUT2D eigenvalue weighted by atomic mass is 16.6. The third-order valence-corrected chi connectivity index (χ3v) is 4.36. The molecule has 1 aliphatic rings. The summed E-state index contributed by atoms with van der Waals surface area (Å²) >= 11 is 0. The number of likely N-dealkylation sites (N-methyl/N-ethyl adjacent to an activating group) is 1. The van der Waals surface area contributed by atoms with Crippen molar-refractivity contribution in [1.82, 2.24) is 4.90 Å². The number of nitrogens with one attached hydrogen (secondary N) is 1. The lowest BCUT2D eigenvalue weighted by molar-refractivity contribution is 0.0672. The molecule has 6 nitrogen and oxygen atoms in total. The molecule has 2 aromatic rings. The van der Waals surface area contributed by atoms with Crippen molar-refractivity contribution in [3.05, 3.63) is 59.7 Å². The second kappa shape index (κ2) is 8.58. The van der Waals surface area contributed by atoms with Crippen molar-refractivity contribution in [3.63, 3.8) is 0 Å². The summed E-state index contributed by atoms with van der Waals surface area (Å²) in [7, 11) is 1.75. The summed E-state index contributed by atoms with van der Waals surface area (Å²) < 4.78 is 5.40. The quantitative estimate of drug-likeness (QED) is 0.838. The highest BCUT2D eigenvalue weighted by Crippen LogP contribution is 2.19. The fraction of sp³-hybridized carbons (Fsp3) is 0.333. The molecule has 0 spiro atoms. The van der Waals surface area contributed by atoms with Crippen molar-refractivity contribution >= 4 is 17.4 Å². The fourth-order valence-corrected chi connectivity index (χ4v) is 2.85. The number of benzene rings is 2. The number of oxime groups is 1. The monoisotopic (exact) mass is 367 g/mol. The molecule has 0 radical (unpaired) electrons. The van der Waals surface area contributed by atoms with Crippen molar-refractivity contribution in [3.8, 4) is 5.75 Å². The van der Waals surface area contributed by atoms with Gasteiger partial charge in [0.05, 0.1) is 18.9 Å². The van der Waals surface area contributed by atoms with E-state index in [9.17, 15) is 4.79 Å². The number of aryl methyl sites for hydroxylation is 1. The number of urea groups is 1. The van der Waals surface area contributed by atoms with Gasteiger partial charge in [0.1, 0.15) is 5.75 Å². The summed E-state index contributed by atoms with van der Waals surface area (Å²) in [5.41, 5.74) is 3.91. The number of carbonyl (C=O) groups is 1. The maximum absolute atomic E-state index is 12.4. The zero-order chi connectivity index (χ0) is 19.2. The van der Waals surface area contributed by atoms with E-state index in [1.54, 1.807) is 11.9 Å². The van der Waals surface area contributed by atoms with E-state index in [4.69, 9.17) is 9.57 Å². The molecule has 0 bridgehead atoms. The standard InChI is InChI=1S/C21H25N3O3/c1-4-26-18-11-9-17(10-12-18)22-21(25)24(3)14-19-13-20(23-27-19)16-7-5-15(2)6-8-16/h5-12,19H,4,13-14H2,1-3H3,(H,22,25)/t19-/m0/s1. The largest absolute Gasteiger partial charge is 0.494 e. The molecule has 0 aliphatic carbocycles. The summed E-state index contributed by atoms with van der Waals surface area (Å²) in [6, 6.07) is 15.3. The van der Waals surface area contributed by atoms with Crippen LogP contribution in [0.3, 0.4) is 0 Å². The van der Waals surface area contributed by atoms with Crippen LogP contribution in [-0.2, 0) is 4.84 Å². The van der Waals surface area contributed by atoms with Crippen molar-refractivity contribution in [2.45, 2.75) is 26.4 Å². The van der Waals surface area contributed by atoms with Gasteiger partial charge in [0.25, 0.3) is 0 Å². The van der Waals surface area contributed by atoms with E-state index >= 15 is 0 Å². The van der Waals surface area contributed by atoms with Crippen molar-refractivity contribution in [2.75, 3.05) is 25.5 Å². The Balaban J connectivity index is 1.49. The van der Waals surface area contributed by atoms with Gasteiger partial charge in [-0.3, -0.25) is 0 Å². The maximum Gasteiger partial charge on any atom is 0.321 e. The van der Waals surface area contributed by atoms with Crippen LogP contribution >= 0.6 is 0 Å². The number of carbonyl (C=O) groups excluding carboxylic acids is 1. The van der Waals surface area contributed by atoms with Crippen molar-refractivity contribution in [1.29, 1.82) is 0 Å². The predicted octanol–water partition coefficient (Wildman–Crippen LogP) is 4.05. The first-order valence-corrected chi connectivity index (χ1v) is 9.10. The SMILES string of the molecule is CCOc1ccc(NC(=O)N(C)C[C@@H]2CC(c3ccc(C)cc3)=NO2)cc1. The number of hydrogen-bond donors (Lipinski definition) is 1. The smallest absolute Gasteiger partial charge is 0.321 e. The summed E-state index contributed by atoms with van der Waals surface area (Å²) in [4.78, 5) is 19.5. The first-order valence-electron chi connectivity index (χ1n) is 9.10. The van der Waals surface area contributed by atoms with Crippen LogP contribution in [0.2, 0.25) is 0 Å². The molecule has 1 atom stereocenters. The van der Waals surface area contributed by atoms with Gasteiger partial charge in [0, 0.05) is 19.2 Å². The van der Waals surface area contributed by atoms with E-state index in [0.29, 0.717) is 19.6 Å². The summed E-state index contributed by atoms with van der Waals surface area (Å²) in [6.45, 7) is 5.06. The Morgan fingerprint density at radius 2 is 1.93 bits per heavy atom. The molecule has 3 rings (SSSR count). The van der Waals surface area contributed by atoms with Crippen LogP contribution in [0.1, 0.15) is 24.5 Å². The molecular formula is C21H25N3O3. The van der Waals surface area contributed by atoms with Gasteiger partial charge in [-0.2, -0.15) is 0 Å². The molecule has 0 saturated carbocycles. The topological polar surface area (TPSA) is 63.2 Å². The van der Waals surface area contributed by atoms with Gasteiger partial charge in [-0.05, 0) is 43.7 Å². The van der Waals surface area contributed by atoms with Crippen LogP contribution in [-0.4, -0.2) is 42.9 Å². The average molecular weight is 367 g/mol. The maximum atomic E-state index is 12.4. The third kappa shape index (κ3) is 5.00. The molecule has 0 aromatic heterocycles. The lowest BCUT2D eigenvalue weighted by atomic mass is 10.0. The highest BCUT2D eigenvalue weighted by Gasteiger charge is 2.25. The van der Waals surface area contributed by atoms with E-state index in [1.807, 2.05) is 43.3 Å². The normalized spacial score (nSPS) is 15.7. The third-order valence-electron chi connectivity index (χ3n) is 4.36. The van der Waals surface area contributed by atoms with Crippen LogP contribution < -0.4 is 10.1 Å². The van der Waals surface area contributed by atoms with E-state index in [0.717, 1.165) is 22.7 Å². The van der Waals surface area contributed by atoms with E-state index in [2.05, 4.69) is 29.5 Å². The molecule has 1 heterocycles. The van der Waals surface area contributed by atoms with Gasteiger partial charge >= 0.3 is 6.03 Å². The summed E-state index contributed by atoms with van der Waals surface area (Å²) in [5.74, 6) is 0.781. The first kappa shape index (κ1) is 18.8. The Morgan fingerprint density at radius 1 is 1.22 bits per heavy atom. The number of anilines is 1. The fourth-order valence-electron chi connectivity index (χ4n) is 2.85. The average Bonchev–Trinajstić information content (AvgIpc) is 3.12. The van der Waals surface area contributed by atoms with Gasteiger partial charge < -0.3 is 19.8 Å². The van der Waals surface area contributed by atoms with Crippen molar-refractivity contribution < 1.29 is 14.4 Å². The Morgan fingerprint density at radius 3 is 2.59 bits per heavy atom. The number of hydrogen-bond acceptors (Lipinski definition) is 4. The molecular weight excluding hydrogens is 342 g/mol. The van der Waals surface area contributed by atoms with Gasteiger partial charge in [-0.15, -0.1) is 0 Å². The Bertz CT molecular complexity index is 800. The lowest BCUT2D eigenvalue weighted by Gasteiger charge is -2.20. The minimum absolute atomic E-state index is 0.141. The Labute approximate surface area is 159 Å². The molecule has 1 aliphatic heterocycles. The molecule has 2 amide bonds. The van der Waals surface area contributed by atoms with Crippen LogP contribution in [0.5, 0.6) is 5.75 Å². The molecule has 0 unspecified atom stereocenters. The second-order valence-corrected chi connectivity index (χ2v) is 6.60. The van der Waals surface area contributed by atoms with Gasteiger partial charge in [0.15, 0.2) is 6.10 Å². The van der Waals surface area contributed by atoms with Gasteiger partial charge in [-0.1, -0.05) is 35.0 Å². The number of nitrogens with zero attached hydrogens (tertiary/aromatic N) is 2. The van der Waals surface area contributed by atoms with E-state index in [1.165, 1.54) is 5.56 Å². The minimum atomic E-state index is -0.188. The van der Waals surface area contributed by atoms with Gasteiger partial charge in [-0.25, -0.2) is 4.79 Å². The molecule has 2 aromatic carbocycles. The van der Waals surface area contributed by atoms with E-state index < -0.39 is 0 Å². The number of amides is 2. The molecule has 142 valence electrons. The second-order valence-electron chi connectivity index (χ2n) is 6.60. The van der Waals surface area contributed by atoms with Crippen molar-refractivity contribution in [2.24, 2.45) is 5.16 Å². The number of ether oxygens (including phenoxy) is 1. The zero-order valence-electron chi connectivity index (χ0n) is 15.9. The van der Waals surface area contributed by atoms with Crippen LogP contribution in [0.25, 0.3) is 0 Å². The predicted molar refractivity (Wildman–Crippen MR) is 106 cm³/mol. The van der Waals surface area contributed by atoms with Crippen LogP contribution in [0.4, 0.5) is 10.5 Å².